The van der Waals surface area contributed by atoms with Crippen molar-refractivity contribution in [1.82, 2.24) is 4.98 Å². The number of aromatic nitrogens is 1. The van der Waals surface area contributed by atoms with Crippen molar-refractivity contribution >= 4 is 40.3 Å². The third-order valence-electron chi connectivity index (χ3n) is 7.67. The van der Waals surface area contributed by atoms with E-state index in [9.17, 15) is 0 Å². The van der Waals surface area contributed by atoms with Gasteiger partial charge in [0.2, 0.25) is 0 Å². The number of benzene rings is 6. The second-order valence-electron chi connectivity index (χ2n) is 10.8. The highest BCUT2D eigenvalue weighted by atomic mass is 35.5. The van der Waals surface area contributed by atoms with Gasteiger partial charge in [-0.05, 0) is 71.3 Å². The molecule has 0 saturated carbocycles. The van der Waals surface area contributed by atoms with Gasteiger partial charge in [-0.2, -0.15) is 0 Å². The van der Waals surface area contributed by atoms with Gasteiger partial charge in [-0.25, -0.2) is 0 Å². The summed E-state index contributed by atoms with van der Waals surface area (Å²) in [6.45, 7) is 0. The van der Waals surface area contributed by atoms with Crippen LogP contribution in [-0.2, 0) is 0 Å². The van der Waals surface area contributed by atoms with Crippen molar-refractivity contribution in [3.63, 3.8) is 0 Å². The smallest absolute Gasteiger partial charge is 0.130 e. The Morgan fingerprint density at radius 2 is 1.09 bits per heavy atom. The lowest BCUT2D eigenvalue weighted by Crippen LogP contribution is -2.13. The molecule has 0 unspecified atom stereocenters. The predicted molar refractivity (Wildman–Crippen MR) is 192 cm³/mol. The normalized spacial score (nSPS) is 10.8. The molecule has 7 rings (SSSR count). The van der Waals surface area contributed by atoms with E-state index in [1.807, 2.05) is 79.0 Å². The van der Waals surface area contributed by atoms with Crippen molar-refractivity contribution in [1.29, 1.82) is 0 Å². The van der Waals surface area contributed by atoms with Crippen LogP contribution in [0.4, 0.5) is 17.1 Å². The van der Waals surface area contributed by atoms with Crippen LogP contribution in [0.15, 0.2) is 170 Å². The van der Waals surface area contributed by atoms with E-state index in [2.05, 4.69) is 94.8 Å². The molecule has 0 amide bonds. The highest BCUT2D eigenvalue weighted by molar-refractivity contribution is 6.31. The molecule has 222 valence electrons. The Kier molecular flexibility index (Phi) is 8.51. The van der Waals surface area contributed by atoms with Crippen LogP contribution in [0, 0.1) is 0 Å². The van der Waals surface area contributed by atoms with Gasteiger partial charge < -0.3 is 9.64 Å². The van der Waals surface area contributed by atoms with Crippen molar-refractivity contribution < 1.29 is 4.74 Å². The first-order valence-corrected chi connectivity index (χ1v) is 15.7. The molecular formula is C41H28Cl2N2O. The lowest BCUT2D eigenvalue weighted by Gasteiger charge is -2.31. The summed E-state index contributed by atoms with van der Waals surface area (Å²) in [5, 5.41) is 1.24. The molecule has 0 N–H and O–H groups in total. The van der Waals surface area contributed by atoms with E-state index in [4.69, 9.17) is 27.9 Å². The van der Waals surface area contributed by atoms with Crippen LogP contribution in [0.5, 0.6) is 11.5 Å². The maximum atomic E-state index is 6.69. The van der Waals surface area contributed by atoms with E-state index in [0.29, 0.717) is 21.5 Å². The fraction of sp³-hybridized carbons (Fsp3) is 0. The summed E-state index contributed by atoms with van der Waals surface area (Å²) in [5.41, 5.74) is 9.07. The van der Waals surface area contributed by atoms with Gasteiger partial charge in [0.15, 0.2) is 0 Å². The van der Waals surface area contributed by atoms with Crippen molar-refractivity contribution in [3.8, 4) is 44.9 Å². The second-order valence-corrected chi connectivity index (χ2v) is 11.6. The fourth-order valence-corrected chi connectivity index (χ4v) is 6.01. The maximum absolute atomic E-state index is 6.69. The Balaban J connectivity index is 1.53. The Labute approximate surface area is 278 Å². The zero-order valence-electron chi connectivity index (χ0n) is 24.7. The molecule has 0 aliphatic rings. The van der Waals surface area contributed by atoms with E-state index in [1.54, 1.807) is 6.20 Å². The average Bonchev–Trinajstić information content (AvgIpc) is 3.10. The summed E-state index contributed by atoms with van der Waals surface area (Å²) in [7, 11) is 0. The minimum absolute atomic E-state index is 0.603. The quantitative estimate of drug-likeness (QED) is 0.166. The maximum Gasteiger partial charge on any atom is 0.130 e. The molecule has 0 aliphatic heterocycles. The number of nitrogens with zero attached hydrogens (tertiary/aromatic N) is 2. The van der Waals surface area contributed by atoms with Gasteiger partial charge >= 0.3 is 0 Å². The van der Waals surface area contributed by atoms with Crippen LogP contribution in [0.2, 0.25) is 10.0 Å². The molecule has 0 fully saturated rings. The molecule has 0 atom stereocenters. The number of hydrogen-bond donors (Lipinski definition) is 0. The number of anilines is 3. The van der Waals surface area contributed by atoms with Gasteiger partial charge in [-0.15, -0.1) is 0 Å². The summed E-state index contributed by atoms with van der Waals surface area (Å²) < 4.78 is 6.48. The lowest BCUT2D eigenvalue weighted by molar-refractivity contribution is 0.483. The van der Waals surface area contributed by atoms with Crippen LogP contribution < -0.4 is 9.64 Å². The van der Waals surface area contributed by atoms with Gasteiger partial charge in [-0.3, -0.25) is 4.98 Å². The Morgan fingerprint density at radius 1 is 0.457 bits per heavy atom. The largest absolute Gasteiger partial charge is 0.457 e. The Morgan fingerprint density at radius 3 is 1.72 bits per heavy atom. The van der Waals surface area contributed by atoms with Gasteiger partial charge in [0.1, 0.15) is 11.5 Å². The number of pyridine rings is 1. The molecule has 6 aromatic carbocycles. The molecular weight excluding hydrogens is 607 g/mol. The standard InChI is InChI=1S/C41H28Cl2N2O/c42-33-16-7-18-35(25-33)45(41-39(29-11-3-1-4-12-29)20-9-21-40(41)30-13-5-2-6-14-30)36-23-32(31-15-10-22-44-28-31)24-38(27-36)46-37-19-8-17-34(43)26-37/h1-28H. The summed E-state index contributed by atoms with van der Waals surface area (Å²) >= 11 is 13.0. The molecule has 0 bridgehead atoms. The molecule has 0 spiro atoms. The predicted octanol–water partition coefficient (Wildman–Crippen LogP) is 12.7. The number of para-hydroxylation sites is 1. The molecule has 0 radical (unpaired) electrons. The minimum Gasteiger partial charge on any atom is -0.457 e. The Bertz CT molecular complexity index is 2040. The summed E-state index contributed by atoms with van der Waals surface area (Å²) in [6, 6.07) is 53.0. The van der Waals surface area contributed by atoms with Crippen molar-refractivity contribution in [2.75, 3.05) is 4.90 Å². The van der Waals surface area contributed by atoms with Crippen LogP contribution in [0.1, 0.15) is 0 Å². The molecule has 0 saturated heterocycles. The van der Waals surface area contributed by atoms with E-state index >= 15 is 0 Å². The van der Waals surface area contributed by atoms with Crippen molar-refractivity contribution in [2.24, 2.45) is 0 Å². The second kappa shape index (κ2) is 13.3. The molecule has 1 aromatic heterocycles. The number of rotatable bonds is 8. The van der Waals surface area contributed by atoms with E-state index in [-0.39, 0.29) is 0 Å². The van der Waals surface area contributed by atoms with E-state index in [1.165, 1.54) is 0 Å². The minimum atomic E-state index is 0.603. The highest BCUT2D eigenvalue weighted by Crippen LogP contribution is 2.48. The van der Waals surface area contributed by atoms with Crippen LogP contribution in [-0.4, -0.2) is 4.98 Å². The zero-order chi connectivity index (χ0) is 31.3. The van der Waals surface area contributed by atoms with Gasteiger partial charge in [-0.1, -0.05) is 120 Å². The zero-order valence-corrected chi connectivity index (χ0v) is 26.2. The van der Waals surface area contributed by atoms with Gasteiger partial charge in [0, 0.05) is 50.9 Å². The monoisotopic (exact) mass is 634 g/mol. The molecule has 7 aromatic rings. The highest BCUT2D eigenvalue weighted by Gasteiger charge is 2.23. The first kappa shape index (κ1) is 29.4. The van der Waals surface area contributed by atoms with Crippen molar-refractivity contribution in [2.45, 2.75) is 0 Å². The molecule has 5 heteroatoms. The van der Waals surface area contributed by atoms with Gasteiger partial charge in [0.05, 0.1) is 11.4 Å². The first-order chi connectivity index (χ1) is 22.6. The first-order valence-electron chi connectivity index (χ1n) is 14.9. The molecule has 46 heavy (non-hydrogen) atoms. The fourth-order valence-electron chi connectivity index (χ4n) is 5.65. The van der Waals surface area contributed by atoms with E-state index in [0.717, 1.165) is 50.4 Å². The van der Waals surface area contributed by atoms with E-state index < -0.39 is 0 Å². The third kappa shape index (κ3) is 6.38. The number of ether oxygens (including phenoxy) is 1. The summed E-state index contributed by atoms with van der Waals surface area (Å²) in [6.07, 6.45) is 3.64. The molecule has 3 nitrogen and oxygen atoms in total. The third-order valence-corrected chi connectivity index (χ3v) is 8.14. The lowest BCUT2D eigenvalue weighted by atomic mass is 9.94. The summed E-state index contributed by atoms with van der Waals surface area (Å²) in [5.74, 6) is 1.30. The Hall–Kier alpha value is -5.35. The summed E-state index contributed by atoms with van der Waals surface area (Å²) in [4.78, 5) is 6.67. The molecule has 1 heterocycles. The topological polar surface area (TPSA) is 25.4 Å². The SMILES string of the molecule is Clc1cccc(Oc2cc(-c3cccnc3)cc(N(c3cccc(Cl)c3)c3c(-c4ccccc4)cccc3-c3ccccc3)c2)c1. The average molecular weight is 636 g/mol. The van der Waals surface area contributed by atoms with Crippen LogP contribution in [0.3, 0.4) is 0 Å². The van der Waals surface area contributed by atoms with Crippen molar-refractivity contribution in [3.05, 3.63) is 180 Å². The van der Waals surface area contributed by atoms with Crippen LogP contribution >= 0.6 is 23.2 Å². The van der Waals surface area contributed by atoms with Crippen LogP contribution in [0.25, 0.3) is 33.4 Å². The number of halogens is 2. The number of hydrogen-bond acceptors (Lipinski definition) is 3. The van der Waals surface area contributed by atoms with Gasteiger partial charge in [0.25, 0.3) is 0 Å². The molecule has 0 aliphatic carbocycles.